The summed E-state index contributed by atoms with van der Waals surface area (Å²) in [5.74, 6) is -3.95. The van der Waals surface area contributed by atoms with Gasteiger partial charge in [-0.2, -0.15) is 0 Å². The van der Waals surface area contributed by atoms with Crippen LogP contribution in [0.15, 0.2) is 18.3 Å². The topological polar surface area (TPSA) is 62.3 Å². The first-order chi connectivity index (χ1) is 10.3. The molecule has 0 aliphatic carbocycles. The number of rotatable bonds is 1. The van der Waals surface area contributed by atoms with Gasteiger partial charge in [0, 0.05) is 31.4 Å². The quantitative estimate of drug-likeness (QED) is 0.852. The highest BCUT2D eigenvalue weighted by molar-refractivity contribution is 5.95. The lowest BCUT2D eigenvalue weighted by atomic mass is 9.77. The molecule has 0 bridgehead atoms. The Morgan fingerprint density at radius 2 is 2.14 bits per heavy atom. The average molecular weight is 309 g/mol. The number of piperidine rings is 1. The number of pyridine rings is 1. The van der Waals surface area contributed by atoms with Gasteiger partial charge >= 0.3 is 0 Å². The maximum atomic E-state index is 14.1. The molecule has 2 aliphatic rings. The highest BCUT2D eigenvalue weighted by Gasteiger charge is 2.55. The van der Waals surface area contributed by atoms with Crippen molar-refractivity contribution < 1.29 is 18.4 Å². The van der Waals surface area contributed by atoms with Crippen molar-refractivity contribution in [1.29, 1.82) is 0 Å². The van der Waals surface area contributed by atoms with Gasteiger partial charge in [-0.15, -0.1) is 0 Å². The molecule has 7 heteroatoms. The number of likely N-dealkylation sites (tertiary alicyclic amines) is 1. The molecule has 0 aromatic carbocycles. The van der Waals surface area contributed by atoms with E-state index in [9.17, 15) is 18.4 Å². The van der Waals surface area contributed by atoms with Crippen molar-refractivity contribution in [2.24, 2.45) is 5.41 Å². The minimum atomic E-state index is -3.06. The third-order valence-corrected chi connectivity index (χ3v) is 4.33. The number of carbonyl (C=O) groups is 2. The zero-order valence-electron chi connectivity index (χ0n) is 12.2. The van der Waals surface area contributed by atoms with E-state index in [0.717, 1.165) is 10.6 Å². The van der Waals surface area contributed by atoms with Gasteiger partial charge in [-0.05, 0) is 25.5 Å². The molecule has 0 saturated carbocycles. The molecule has 5 nitrogen and oxygen atoms in total. The molecular formula is C15H17F2N3O2. The molecule has 1 aromatic rings. The maximum absolute atomic E-state index is 14.1. The standard InChI is InChI=1S/C15H17F2N3O2/c1-10-2-3-11(6-19-10)12(21)20-8-14(4-5-18-13(14)22)7-15(16,17)9-20/h2-3,6H,4-5,7-9H2,1H3,(H,18,22)/t14-/m0/s1. The monoisotopic (exact) mass is 309 g/mol. The maximum Gasteiger partial charge on any atom is 0.266 e. The van der Waals surface area contributed by atoms with Gasteiger partial charge in [0.25, 0.3) is 11.8 Å². The van der Waals surface area contributed by atoms with E-state index in [2.05, 4.69) is 10.3 Å². The fourth-order valence-electron chi connectivity index (χ4n) is 3.26. The minimum Gasteiger partial charge on any atom is -0.356 e. The summed E-state index contributed by atoms with van der Waals surface area (Å²) in [4.78, 5) is 29.6. The summed E-state index contributed by atoms with van der Waals surface area (Å²) in [6.07, 6.45) is 1.21. The number of alkyl halides is 2. The first-order valence-electron chi connectivity index (χ1n) is 7.19. The van der Waals surface area contributed by atoms with Crippen molar-refractivity contribution in [3.63, 3.8) is 0 Å². The molecule has 22 heavy (non-hydrogen) atoms. The number of amides is 2. The van der Waals surface area contributed by atoms with E-state index in [1.165, 1.54) is 6.20 Å². The van der Waals surface area contributed by atoms with Crippen LogP contribution in [-0.4, -0.2) is 47.3 Å². The van der Waals surface area contributed by atoms with Crippen LogP contribution in [-0.2, 0) is 4.79 Å². The van der Waals surface area contributed by atoms with E-state index in [1.54, 1.807) is 19.1 Å². The van der Waals surface area contributed by atoms with E-state index < -0.39 is 30.2 Å². The molecule has 3 heterocycles. The second-order valence-electron chi connectivity index (χ2n) is 6.17. The predicted molar refractivity (Wildman–Crippen MR) is 74.5 cm³/mol. The average Bonchev–Trinajstić information content (AvgIpc) is 2.77. The molecule has 0 radical (unpaired) electrons. The van der Waals surface area contributed by atoms with Crippen molar-refractivity contribution in [3.05, 3.63) is 29.6 Å². The molecule has 1 atom stereocenters. The lowest BCUT2D eigenvalue weighted by Crippen LogP contribution is -2.56. The molecule has 1 N–H and O–H groups in total. The molecule has 3 rings (SSSR count). The number of nitrogens with one attached hydrogen (secondary N) is 1. The predicted octanol–water partition coefficient (Wildman–Crippen LogP) is 1.38. The Kier molecular flexibility index (Phi) is 3.38. The Morgan fingerprint density at radius 1 is 1.36 bits per heavy atom. The summed E-state index contributed by atoms with van der Waals surface area (Å²) in [6.45, 7) is 1.53. The molecule has 1 spiro atoms. The van der Waals surface area contributed by atoms with Crippen molar-refractivity contribution in [2.75, 3.05) is 19.6 Å². The summed E-state index contributed by atoms with van der Waals surface area (Å²) >= 11 is 0. The van der Waals surface area contributed by atoms with Gasteiger partial charge in [0.1, 0.15) is 0 Å². The van der Waals surface area contributed by atoms with Crippen LogP contribution in [0.1, 0.15) is 28.9 Å². The molecule has 2 fully saturated rings. The van der Waals surface area contributed by atoms with Crippen molar-refractivity contribution in [3.8, 4) is 0 Å². The van der Waals surface area contributed by atoms with Crippen molar-refractivity contribution in [1.82, 2.24) is 15.2 Å². The largest absolute Gasteiger partial charge is 0.356 e. The summed E-state index contributed by atoms with van der Waals surface area (Å²) < 4.78 is 28.2. The molecule has 2 aliphatic heterocycles. The van der Waals surface area contributed by atoms with E-state index in [4.69, 9.17) is 0 Å². The van der Waals surface area contributed by atoms with E-state index >= 15 is 0 Å². The summed E-state index contributed by atoms with van der Waals surface area (Å²) in [6, 6.07) is 3.23. The van der Waals surface area contributed by atoms with Crippen molar-refractivity contribution in [2.45, 2.75) is 25.7 Å². The Bertz CT molecular complexity index is 618. The van der Waals surface area contributed by atoms with Gasteiger partial charge in [0.2, 0.25) is 5.91 Å². The van der Waals surface area contributed by atoms with Gasteiger partial charge in [-0.1, -0.05) is 0 Å². The van der Waals surface area contributed by atoms with Gasteiger partial charge in [0.15, 0.2) is 0 Å². The third-order valence-electron chi connectivity index (χ3n) is 4.33. The summed E-state index contributed by atoms with van der Waals surface area (Å²) in [5.41, 5.74) is -0.167. The third kappa shape index (κ3) is 2.55. The number of aryl methyl sites for hydroxylation is 1. The van der Waals surface area contributed by atoms with Gasteiger partial charge in [-0.3, -0.25) is 14.6 Å². The van der Waals surface area contributed by atoms with Crippen LogP contribution in [0.4, 0.5) is 8.78 Å². The van der Waals surface area contributed by atoms with E-state index in [0.29, 0.717) is 13.0 Å². The zero-order chi connectivity index (χ0) is 16.0. The number of carbonyl (C=O) groups excluding carboxylic acids is 2. The highest BCUT2D eigenvalue weighted by Crippen LogP contribution is 2.43. The van der Waals surface area contributed by atoms with Gasteiger partial charge in [-0.25, -0.2) is 8.78 Å². The SMILES string of the molecule is Cc1ccc(C(=O)N2CC(F)(F)C[C@@]3(CCNC3=O)C2)cn1. The first kappa shape index (κ1) is 14.9. The van der Waals surface area contributed by atoms with E-state index in [1.807, 2.05) is 0 Å². The molecule has 1 aromatic heterocycles. The highest BCUT2D eigenvalue weighted by atomic mass is 19.3. The fourth-order valence-corrected chi connectivity index (χ4v) is 3.26. The summed E-state index contributed by atoms with van der Waals surface area (Å²) in [7, 11) is 0. The number of hydrogen-bond donors (Lipinski definition) is 1. The number of halogens is 2. The number of nitrogens with zero attached hydrogens (tertiary/aromatic N) is 2. The Hall–Kier alpha value is -2.05. The van der Waals surface area contributed by atoms with Crippen LogP contribution >= 0.6 is 0 Å². The van der Waals surface area contributed by atoms with Crippen LogP contribution in [0.5, 0.6) is 0 Å². The normalized spacial score (nSPS) is 27.0. The van der Waals surface area contributed by atoms with Crippen LogP contribution in [0.2, 0.25) is 0 Å². The van der Waals surface area contributed by atoms with Crippen LogP contribution in [0, 0.1) is 12.3 Å². The van der Waals surface area contributed by atoms with Crippen LogP contribution in [0.3, 0.4) is 0 Å². The first-order valence-corrected chi connectivity index (χ1v) is 7.19. The smallest absolute Gasteiger partial charge is 0.266 e. The Labute approximate surface area is 126 Å². The molecule has 2 saturated heterocycles. The van der Waals surface area contributed by atoms with Crippen LogP contribution in [0.25, 0.3) is 0 Å². The minimum absolute atomic E-state index is 0.0289. The lowest BCUT2D eigenvalue weighted by Gasteiger charge is -2.42. The lowest BCUT2D eigenvalue weighted by molar-refractivity contribution is -0.144. The van der Waals surface area contributed by atoms with Gasteiger partial charge in [0.05, 0.1) is 17.5 Å². The summed E-state index contributed by atoms with van der Waals surface area (Å²) in [5, 5.41) is 2.60. The second-order valence-corrected chi connectivity index (χ2v) is 6.17. The molecule has 118 valence electrons. The second kappa shape index (κ2) is 5.00. The Balaban J connectivity index is 1.88. The zero-order valence-corrected chi connectivity index (χ0v) is 12.2. The number of hydrogen-bond acceptors (Lipinski definition) is 3. The van der Waals surface area contributed by atoms with Gasteiger partial charge < -0.3 is 10.2 Å². The van der Waals surface area contributed by atoms with E-state index in [-0.39, 0.29) is 18.0 Å². The fraction of sp³-hybridized carbons (Fsp3) is 0.533. The number of aromatic nitrogens is 1. The molecular weight excluding hydrogens is 292 g/mol. The Morgan fingerprint density at radius 3 is 2.73 bits per heavy atom. The molecule has 0 unspecified atom stereocenters. The van der Waals surface area contributed by atoms with Crippen molar-refractivity contribution >= 4 is 11.8 Å². The van der Waals surface area contributed by atoms with Crippen LogP contribution < -0.4 is 5.32 Å². The molecule has 2 amide bonds.